The van der Waals surface area contributed by atoms with Crippen LogP contribution in [0, 0.1) is 6.92 Å². The van der Waals surface area contributed by atoms with Gasteiger partial charge in [-0.25, -0.2) is 0 Å². The summed E-state index contributed by atoms with van der Waals surface area (Å²) in [5, 5.41) is 27.0. The number of methoxy groups -OCH3 is 1. The zero-order chi connectivity index (χ0) is 52.6. The number of aliphatic hydroxyl groups excluding tert-OH is 2. The molecule has 5 atom stereocenters. The van der Waals surface area contributed by atoms with Gasteiger partial charge in [0.1, 0.15) is 19.0 Å². The molecule has 9 rings (SSSR count). The van der Waals surface area contributed by atoms with Crippen LogP contribution in [0.15, 0.2) is 91.0 Å². The number of ether oxygens (including phenoxy) is 3. The summed E-state index contributed by atoms with van der Waals surface area (Å²) < 4.78 is 47.6. The molecule has 5 aromatic rings. The van der Waals surface area contributed by atoms with E-state index >= 15 is 0 Å². The van der Waals surface area contributed by atoms with Crippen molar-refractivity contribution in [3.8, 4) is 17.2 Å². The molecule has 0 spiro atoms. The second kappa shape index (κ2) is 21.6. The van der Waals surface area contributed by atoms with Crippen molar-refractivity contribution >= 4 is 72.4 Å². The predicted molar refractivity (Wildman–Crippen MR) is 286 cm³/mol. The Hall–Kier alpha value is -6.09. The van der Waals surface area contributed by atoms with Gasteiger partial charge in [0, 0.05) is 65.0 Å². The lowest BCUT2D eigenvalue weighted by molar-refractivity contribution is -0.120. The molecule has 3 unspecified atom stereocenters. The van der Waals surface area contributed by atoms with Crippen LogP contribution in [-0.2, 0) is 62.8 Å². The molecule has 19 heteroatoms. The molecular formula is C55H60N4O12S3. The maximum Gasteiger partial charge on any atom is 0.279 e. The van der Waals surface area contributed by atoms with Gasteiger partial charge in [-0.1, -0.05) is 58.0 Å². The average molecular weight is 1070 g/mol. The van der Waals surface area contributed by atoms with E-state index in [-0.39, 0.29) is 62.7 Å². The predicted octanol–water partition coefficient (Wildman–Crippen LogP) is 7.11. The molecule has 0 aliphatic carbocycles. The molecule has 0 bridgehead atoms. The zero-order valence-corrected chi connectivity index (χ0v) is 44.5. The molecule has 4 N–H and O–H groups in total. The van der Waals surface area contributed by atoms with Crippen molar-refractivity contribution in [1.29, 1.82) is 0 Å². The van der Waals surface area contributed by atoms with Gasteiger partial charge in [0.15, 0.2) is 16.7 Å². The third kappa shape index (κ3) is 10.9. The van der Waals surface area contributed by atoms with Crippen LogP contribution in [-0.4, -0.2) is 104 Å². The van der Waals surface area contributed by atoms with Crippen molar-refractivity contribution in [3.63, 3.8) is 0 Å². The van der Waals surface area contributed by atoms with Gasteiger partial charge in [-0.2, -0.15) is 8.42 Å². The lowest BCUT2D eigenvalue weighted by Gasteiger charge is -2.26. The summed E-state index contributed by atoms with van der Waals surface area (Å²) >= 11 is 0. The van der Waals surface area contributed by atoms with Crippen LogP contribution in [0.25, 0.3) is 0 Å². The third-order valence-corrected chi connectivity index (χ3v) is 19.0. The Morgan fingerprint density at radius 3 is 1.84 bits per heavy atom. The first-order valence-corrected chi connectivity index (χ1v) is 28.2. The van der Waals surface area contributed by atoms with E-state index < -0.39 is 44.3 Å². The van der Waals surface area contributed by atoms with Gasteiger partial charge in [-0.3, -0.25) is 23.4 Å². The number of benzene rings is 5. The van der Waals surface area contributed by atoms with E-state index in [0.717, 1.165) is 35.2 Å². The van der Waals surface area contributed by atoms with Gasteiger partial charge >= 0.3 is 0 Å². The highest BCUT2D eigenvalue weighted by molar-refractivity contribution is 8.77. The molecule has 0 saturated heterocycles. The molecule has 4 aliphatic rings. The van der Waals surface area contributed by atoms with Crippen molar-refractivity contribution < 1.29 is 56.2 Å². The lowest BCUT2D eigenvalue weighted by Crippen LogP contribution is -2.43. The maximum atomic E-state index is 14.2. The number of para-hydroxylation sites is 2. The first-order chi connectivity index (χ1) is 35.4. The lowest BCUT2D eigenvalue weighted by atomic mass is 9.96. The fraction of sp³-hybridized carbons (Fsp3) is 0.382. The van der Waals surface area contributed by atoms with Crippen LogP contribution >= 0.6 is 21.6 Å². The van der Waals surface area contributed by atoms with Crippen LogP contribution in [0.2, 0.25) is 0 Å². The van der Waals surface area contributed by atoms with E-state index in [4.69, 9.17) is 14.2 Å². The Morgan fingerprint density at radius 1 is 0.743 bits per heavy atom. The first kappa shape index (κ1) is 52.8. The topological polar surface area (TPSA) is 210 Å². The Labute approximate surface area is 439 Å². The number of carbonyl (C=O) groups is 4. The van der Waals surface area contributed by atoms with Gasteiger partial charge in [0.25, 0.3) is 21.9 Å². The molecule has 0 radical (unpaired) electrons. The summed E-state index contributed by atoms with van der Waals surface area (Å²) in [5.74, 6) is 0.189. The molecule has 0 fully saturated rings. The molecule has 390 valence electrons. The van der Waals surface area contributed by atoms with Crippen molar-refractivity contribution in [3.05, 3.63) is 141 Å². The minimum absolute atomic E-state index is 0.0109. The minimum atomic E-state index is -4.10. The van der Waals surface area contributed by atoms with Gasteiger partial charge in [-0.05, 0) is 134 Å². The largest absolute Gasteiger partial charge is 0.493 e. The Bertz CT molecular complexity index is 3130. The van der Waals surface area contributed by atoms with E-state index in [1.165, 1.54) is 35.7 Å². The number of carbonyl (C=O) groups excluding carboxylic acids is 4. The quantitative estimate of drug-likeness (QED) is 0.0392. The van der Waals surface area contributed by atoms with Gasteiger partial charge in [0.05, 0.1) is 38.5 Å². The normalized spacial score (nSPS) is 19.2. The minimum Gasteiger partial charge on any atom is -0.493 e. The van der Waals surface area contributed by atoms with Gasteiger partial charge in [0.2, 0.25) is 11.8 Å². The number of rotatable bonds is 18. The second-order valence-corrected chi connectivity index (χ2v) is 24.7. The molecule has 4 heterocycles. The molecule has 0 saturated carbocycles. The fourth-order valence-corrected chi connectivity index (χ4v) is 14.2. The summed E-state index contributed by atoms with van der Waals surface area (Å²) in [5.41, 5.74) is 8.43. The highest BCUT2D eigenvalue weighted by Gasteiger charge is 2.44. The van der Waals surface area contributed by atoms with Crippen molar-refractivity contribution in [2.24, 2.45) is 0 Å². The van der Waals surface area contributed by atoms with Crippen molar-refractivity contribution in [2.75, 3.05) is 42.1 Å². The number of fused-ring (bicyclic) bond motifs is 8. The van der Waals surface area contributed by atoms with Crippen LogP contribution in [0.4, 0.5) is 17.1 Å². The molecule has 5 aromatic carbocycles. The van der Waals surface area contributed by atoms with Gasteiger partial charge in [-0.15, -0.1) is 0 Å². The molecule has 16 nitrogen and oxygen atoms in total. The molecule has 74 heavy (non-hydrogen) atoms. The second-order valence-electron chi connectivity index (χ2n) is 19.7. The molecule has 4 aliphatic heterocycles. The molecule has 0 aromatic heterocycles. The van der Waals surface area contributed by atoms with Crippen molar-refractivity contribution in [1.82, 2.24) is 5.32 Å². The third-order valence-electron chi connectivity index (χ3n) is 14.0. The number of anilines is 3. The highest BCUT2D eigenvalue weighted by Crippen LogP contribution is 2.43. The summed E-state index contributed by atoms with van der Waals surface area (Å²) in [6.07, 6.45) is 0.0587. The van der Waals surface area contributed by atoms with Crippen LogP contribution in [0.5, 0.6) is 17.2 Å². The van der Waals surface area contributed by atoms with E-state index in [0.29, 0.717) is 74.9 Å². The number of hydrogen-bond acceptors (Lipinski definition) is 14. The monoisotopic (exact) mass is 1060 g/mol. The smallest absolute Gasteiger partial charge is 0.279 e. The van der Waals surface area contributed by atoms with Crippen LogP contribution in [0.3, 0.4) is 0 Å². The Morgan fingerprint density at radius 2 is 1.28 bits per heavy atom. The standard InChI is InChI=1S/C55H60N4O12S3/c1-31-17-39-36(23-45(60)43-21-34-11-7-9-13-41(34)58(43)53(39)64)25-47(31)70-29-32-18-33(20-38(19-32)57-51(62)28-55(2,3)73-72-16-15-50(52(63)56-4)74(66,67)69-6)30-71-49-26-37-24-46(61)44-22-35-12-8-10-14-42(35)59(44)54(65)40(37)27-48(49)68-5/h7-14,17-20,25-27,43-46,50,60-61H,15-16,21-24,28-30H2,1-6H3,(H,56,63)(H,57,62)/t43-,44-,45?,46?,50?/m0/s1. The number of aliphatic hydroxyl groups is 2. The summed E-state index contributed by atoms with van der Waals surface area (Å²) in [4.78, 5) is 57.9. The maximum absolute atomic E-state index is 14.2. The van der Waals surface area contributed by atoms with Crippen LogP contribution in [0.1, 0.15) is 86.3 Å². The van der Waals surface area contributed by atoms with Gasteiger partial charge < -0.3 is 44.9 Å². The Kier molecular flexibility index (Phi) is 15.4. The Balaban J connectivity index is 0.944. The molecular weight excluding hydrogens is 1000 g/mol. The van der Waals surface area contributed by atoms with Crippen LogP contribution < -0.4 is 34.6 Å². The summed E-state index contributed by atoms with van der Waals surface area (Å²) in [6, 6.07) is 27.2. The summed E-state index contributed by atoms with van der Waals surface area (Å²) in [7, 11) is 2.54. The number of nitrogens with zero attached hydrogens (tertiary/aromatic N) is 2. The van der Waals surface area contributed by atoms with E-state index in [1.54, 1.807) is 28.0 Å². The van der Waals surface area contributed by atoms with E-state index in [2.05, 4.69) is 14.8 Å². The average Bonchev–Trinajstić information content (AvgIpc) is 3.93. The SMILES string of the molecule is CNC(=O)C(CCSSC(C)(C)CC(=O)Nc1cc(COc2cc3c(cc2C)C(=O)N2c4ccccc4C[C@H]2C(O)C3)cc(COc2cc3c(cc2OC)C(=O)N2c4ccccc4C[C@H]2C(O)C3)c1)S(=O)(=O)OC. The highest BCUT2D eigenvalue weighted by atomic mass is 33.1. The molecule has 4 amide bonds. The summed E-state index contributed by atoms with van der Waals surface area (Å²) in [6.45, 7) is 5.75. The number of aryl methyl sites for hydroxylation is 1. The first-order valence-electron chi connectivity index (χ1n) is 24.4. The zero-order valence-electron chi connectivity index (χ0n) is 42.0. The van der Waals surface area contributed by atoms with Crippen molar-refractivity contribution in [2.45, 2.75) is 107 Å². The number of amides is 4. The number of hydrogen-bond donors (Lipinski definition) is 4. The van der Waals surface area contributed by atoms with E-state index in [1.807, 2.05) is 93.6 Å². The fourth-order valence-electron chi connectivity index (χ4n) is 10.4. The van der Waals surface area contributed by atoms with E-state index in [9.17, 15) is 37.8 Å². The number of nitrogens with one attached hydrogen (secondary N) is 2.